The summed E-state index contributed by atoms with van der Waals surface area (Å²) in [5.74, 6) is 0.399. The van der Waals surface area contributed by atoms with Crippen molar-refractivity contribution in [1.82, 2.24) is 14.3 Å². The number of carbonyl (C=O) groups is 1. The molecule has 0 saturated heterocycles. The molecular formula is C30H32ClN3O6. The molecule has 3 heterocycles. The van der Waals surface area contributed by atoms with Crippen LogP contribution in [0.4, 0.5) is 0 Å². The Morgan fingerprint density at radius 3 is 2.62 bits per heavy atom. The molecule has 0 amide bonds. The molecule has 0 aliphatic carbocycles. The summed E-state index contributed by atoms with van der Waals surface area (Å²) < 4.78 is 27.9. The van der Waals surface area contributed by atoms with Crippen LogP contribution in [-0.4, -0.2) is 45.2 Å². The van der Waals surface area contributed by atoms with Gasteiger partial charge in [0.2, 0.25) is 11.5 Å². The maximum absolute atomic E-state index is 11.5. The molecule has 0 bridgehead atoms. The van der Waals surface area contributed by atoms with Crippen LogP contribution in [0.3, 0.4) is 0 Å². The van der Waals surface area contributed by atoms with Crippen LogP contribution in [0.2, 0.25) is 5.02 Å². The zero-order valence-corrected chi connectivity index (χ0v) is 23.8. The van der Waals surface area contributed by atoms with Crippen molar-refractivity contribution in [3.05, 3.63) is 88.3 Å². The zero-order chi connectivity index (χ0) is 28.6. The molecular weight excluding hydrogens is 534 g/mol. The lowest BCUT2D eigenvalue weighted by molar-refractivity contribution is -0.152. The standard InChI is InChI=1S/C30H32ClN3O6/c1-18-16-26(40-30(2,3)29(35)36)32-34(18)15-13-24-23-9-7-14-33(23)22-12-11-19(31)17-21(22)27(39-24)20-8-6-10-25(37-4)28(20)38-5/h6-12,14,16-17,24,27H,13,15H2,1-5H3,(H,35,36)/t24-,27-/m1/s1. The molecule has 5 rings (SSSR count). The van der Waals surface area contributed by atoms with Crippen LogP contribution in [-0.2, 0) is 16.1 Å². The fourth-order valence-electron chi connectivity index (χ4n) is 5.01. The van der Waals surface area contributed by atoms with Crippen LogP contribution in [0, 0.1) is 6.92 Å². The van der Waals surface area contributed by atoms with Gasteiger partial charge in [0.25, 0.3) is 0 Å². The minimum atomic E-state index is -1.40. The molecule has 0 fully saturated rings. The highest BCUT2D eigenvalue weighted by atomic mass is 35.5. The van der Waals surface area contributed by atoms with Gasteiger partial charge in [0.1, 0.15) is 12.2 Å². The number of nitrogens with zero attached hydrogens (tertiary/aromatic N) is 3. The van der Waals surface area contributed by atoms with E-state index in [1.807, 2.05) is 61.7 Å². The molecule has 2 aromatic heterocycles. The lowest BCUT2D eigenvalue weighted by Crippen LogP contribution is -2.38. The number of carboxylic acids is 1. The van der Waals surface area contributed by atoms with Crippen LogP contribution in [0.5, 0.6) is 17.4 Å². The van der Waals surface area contributed by atoms with Crippen molar-refractivity contribution < 1.29 is 28.8 Å². The third-order valence-electron chi connectivity index (χ3n) is 7.09. The number of rotatable bonds is 9. The molecule has 1 aliphatic rings. The Hall–Kier alpha value is -3.95. The van der Waals surface area contributed by atoms with Crippen molar-refractivity contribution in [3.8, 4) is 23.1 Å². The third kappa shape index (κ3) is 5.14. The molecule has 4 aromatic rings. The van der Waals surface area contributed by atoms with Gasteiger partial charge in [0, 0.05) is 40.7 Å². The quantitative estimate of drug-likeness (QED) is 0.260. The molecule has 1 aliphatic heterocycles. The highest BCUT2D eigenvalue weighted by molar-refractivity contribution is 6.30. The molecule has 2 atom stereocenters. The number of fused-ring (bicyclic) bond motifs is 3. The number of hydrogen-bond acceptors (Lipinski definition) is 6. The van der Waals surface area contributed by atoms with E-state index in [1.54, 1.807) is 25.0 Å². The van der Waals surface area contributed by atoms with Crippen molar-refractivity contribution >= 4 is 17.6 Å². The van der Waals surface area contributed by atoms with Crippen molar-refractivity contribution in [3.63, 3.8) is 0 Å². The van der Waals surface area contributed by atoms with Crippen LogP contribution in [0.25, 0.3) is 5.69 Å². The van der Waals surface area contributed by atoms with Crippen molar-refractivity contribution in [2.24, 2.45) is 0 Å². The van der Waals surface area contributed by atoms with Gasteiger partial charge in [-0.1, -0.05) is 23.7 Å². The highest BCUT2D eigenvalue weighted by Crippen LogP contribution is 2.46. The van der Waals surface area contributed by atoms with E-state index in [0.29, 0.717) is 29.5 Å². The fourth-order valence-corrected chi connectivity index (χ4v) is 5.19. The van der Waals surface area contributed by atoms with Crippen molar-refractivity contribution in [2.45, 2.75) is 51.5 Å². The first kappa shape index (κ1) is 27.6. The third-order valence-corrected chi connectivity index (χ3v) is 7.33. The molecule has 10 heteroatoms. The number of aromatic nitrogens is 3. The summed E-state index contributed by atoms with van der Waals surface area (Å²) in [5, 5.41) is 14.6. The van der Waals surface area contributed by atoms with Gasteiger partial charge in [-0.15, -0.1) is 5.10 Å². The van der Waals surface area contributed by atoms with E-state index < -0.39 is 17.7 Å². The minimum absolute atomic E-state index is 0.260. The number of aliphatic carboxylic acids is 1. The molecule has 9 nitrogen and oxygen atoms in total. The Kier molecular flexibility index (Phi) is 7.53. The summed E-state index contributed by atoms with van der Waals surface area (Å²) in [4.78, 5) is 11.5. The van der Waals surface area contributed by atoms with Gasteiger partial charge < -0.3 is 28.6 Å². The number of ether oxygens (including phenoxy) is 4. The summed E-state index contributed by atoms with van der Waals surface area (Å²) in [6, 6.07) is 17.3. The topological polar surface area (TPSA) is 97.0 Å². The van der Waals surface area contributed by atoms with Gasteiger partial charge in [-0.05, 0) is 63.6 Å². The SMILES string of the molecule is COc1cccc([C@H]2O[C@H](CCn3nc(OC(C)(C)C(=O)O)cc3C)c3cccn3-c3ccc(Cl)cc32)c1OC. The molecule has 0 spiro atoms. The maximum atomic E-state index is 11.5. The average molecular weight is 566 g/mol. The van der Waals surface area contributed by atoms with E-state index in [9.17, 15) is 9.90 Å². The normalized spacial score (nSPS) is 16.6. The van der Waals surface area contributed by atoms with Gasteiger partial charge in [-0.2, -0.15) is 0 Å². The molecule has 0 saturated carbocycles. The van der Waals surface area contributed by atoms with Crippen LogP contribution in [0.15, 0.2) is 60.8 Å². The predicted octanol–water partition coefficient (Wildman–Crippen LogP) is 6.15. The van der Waals surface area contributed by atoms with E-state index in [2.05, 4.69) is 9.67 Å². The van der Waals surface area contributed by atoms with Gasteiger partial charge in [0.15, 0.2) is 11.5 Å². The second-order valence-electron chi connectivity index (χ2n) is 10.1. The average Bonchev–Trinajstić information content (AvgIpc) is 3.51. The first-order valence-electron chi connectivity index (χ1n) is 12.9. The van der Waals surface area contributed by atoms with Gasteiger partial charge in [0.05, 0.1) is 25.6 Å². The number of benzene rings is 2. The number of aryl methyl sites for hydroxylation is 2. The van der Waals surface area contributed by atoms with E-state index in [-0.39, 0.29) is 12.0 Å². The van der Waals surface area contributed by atoms with Gasteiger partial charge >= 0.3 is 5.97 Å². The Balaban J connectivity index is 1.52. The Morgan fingerprint density at radius 1 is 1.10 bits per heavy atom. The lowest BCUT2D eigenvalue weighted by atomic mass is 9.98. The second-order valence-corrected chi connectivity index (χ2v) is 10.6. The van der Waals surface area contributed by atoms with Gasteiger partial charge in [-0.3, -0.25) is 4.68 Å². The van der Waals surface area contributed by atoms with Gasteiger partial charge in [-0.25, -0.2) is 4.79 Å². The van der Waals surface area contributed by atoms with E-state index in [0.717, 1.165) is 28.2 Å². The van der Waals surface area contributed by atoms with Crippen LogP contribution >= 0.6 is 11.6 Å². The van der Waals surface area contributed by atoms with E-state index in [1.165, 1.54) is 13.8 Å². The summed E-state index contributed by atoms with van der Waals surface area (Å²) in [7, 11) is 3.22. The fraction of sp³-hybridized carbons (Fsp3) is 0.333. The zero-order valence-electron chi connectivity index (χ0n) is 23.1. The Bertz CT molecular complexity index is 1540. The first-order chi connectivity index (χ1) is 19.1. The predicted molar refractivity (Wildman–Crippen MR) is 150 cm³/mol. The molecule has 210 valence electrons. The number of carboxylic acid groups (broad SMARTS) is 1. The van der Waals surface area contributed by atoms with Crippen LogP contribution in [0.1, 0.15) is 55.0 Å². The van der Waals surface area contributed by atoms with E-state index in [4.69, 9.17) is 30.5 Å². The highest BCUT2D eigenvalue weighted by Gasteiger charge is 2.33. The first-order valence-corrected chi connectivity index (χ1v) is 13.3. The summed E-state index contributed by atoms with van der Waals surface area (Å²) in [6.45, 7) is 5.41. The summed E-state index contributed by atoms with van der Waals surface area (Å²) >= 11 is 6.50. The molecule has 40 heavy (non-hydrogen) atoms. The van der Waals surface area contributed by atoms with E-state index >= 15 is 0 Å². The minimum Gasteiger partial charge on any atom is -0.493 e. The molecule has 1 N–H and O–H groups in total. The maximum Gasteiger partial charge on any atom is 0.347 e. The van der Waals surface area contributed by atoms with Crippen molar-refractivity contribution in [2.75, 3.05) is 14.2 Å². The van der Waals surface area contributed by atoms with Crippen LogP contribution < -0.4 is 14.2 Å². The second kappa shape index (κ2) is 10.9. The number of halogens is 1. The monoisotopic (exact) mass is 565 g/mol. The lowest BCUT2D eigenvalue weighted by Gasteiger charge is -2.25. The number of hydrogen-bond donors (Lipinski definition) is 1. The Morgan fingerprint density at radius 2 is 1.90 bits per heavy atom. The molecule has 0 unspecified atom stereocenters. The Labute approximate surface area is 237 Å². The molecule has 2 aromatic carbocycles. The molecule has 0 radical (unpaired) electrons. The number of methoxy groups -OCH3 is 2. The smallest absolute Gasteiger partial charge is 0.347 e. The number of para-hydroxylation sites is 1. The van der Waals surface area contributed by atoms with Crippen molar-refractivity contribution in [1.29, 1.82) is 0 Å². The summed E-state index contributed by atoms with van der Waals surface area (Å²) in [6.07, 6.45) is 1.77. The largest absolute Gasteiger partial charge is 0.493 e. The summed E-state index contributed by atoms with van der Waals surface area (Å²) in [5.41, 5.74) is 3.13.